The third-order valence-corrected chi connectivity index (χ3v) is 6.50. The molecule has 2 amide bonds. The monoisotopic (exact) mass is 437 g/mol. The number of hydrogen-bond acceptors (Lipinski definition) is 5. The number of anilines is 1. The van der Waals surface area contributed by atoms with Crippen LogP contribution in [-0.4, -0.2) is 44.2 Å². The molecule has 1 N–H and O–H groups in total. The predicted octanol–water partition coefficient (Wildman–Crippen LogP) is 2.70. The zero-order chi connectivity index (χ0) is 22.2. The maximum atomic E-state index is 12.9. The van der Waals surface area contributed by atoms with E-state index in [2.05, 4.69) is 10.4 Å². The van der Waals surface area contributed by atoms with E-state index in [0.29, 0.717) is 22.5 Å². The van der Waals surface area contributed by atoms with Crippen LogP contribution in [0.5, 0.6) is 0 Å². The molecule has 0 unspecified atom stereocenters. The maximum Gasteiger partial charge on any atom is 0.420 e. The molecule has 1 aromatic carbocycles. The van der Waals surface area contributed by atoms with Gasteiger partial charge in [-0.15, -0.1) is 0 Å². The summed E-state index contributed by atoms with van der Waals surface area (Å²) in [5.74, 6) is -0.958. The molecule has 9 heteroatoms. The molecule has 32 heavy (non-hydrogen) atoms. The minimum absolute atomic E-state index is 0.0733. The topological polar surface area (TPSA) is 102 Å². The Morgan fingerprint density at radius 1 is 1.09 bits per heavy atom. The molecule has 2 aromatic heterocycles. The Bertz CT molecular complexity index is 1250. The molecule has 2 aliphatic heterocycles. The molecule has 1 fully saturated rings. The first-order valence-corrected chi connectivity index (χ1v) is 11.3. The minimum atomic E-state index is -0.577. The molecule has 168 valence electrons. The first-order valence-electron chi connectivity index (χ1n) is 11.3. The number of aromatic nitrogens is 3. The zero-order valence-electron chi connectivity index (χ0n) is 18.2. The highest BCUT2D eigenvalue weighted by atomic mass is 16.4. The summed E-state index contributed by atoms with van der Waals surface area (Å²) in [6.07, 6.45) is 6.21. The molecule has 0 saturated carbocycles. The van der Waals surface area contributed by atoms with Gasteiger partial charge in [-0.05, 0) is 63.6 Å². The van der Waals surface area contributed by atoms with Crippen molar-refractivity contribution in [2.45, 2.75) is 58.5 Å². The van der Waals surface area contributed by atoms with E-state index in [1.165, 1.54) is 4.57 Å². The maximum absolute atomic E-state index is 12.9. The third kappa shape index (κ3) is 3.72. The van der Waals surface area contributed by atoms with Gasteiger partial charge >= 0.3 is 5.76 Å². The second kappa shape index (κ2) is 8.29. The number of piperidine rings is 1. The van der Waals surface area contributed by atoms with E-state index in [9.17, 15) is 14.4 Å². The number of carbonyl (C=O) groups excluding carboxylic acids is 2. The average molecular weight is 438 g/mol. The number of fused-ring (bicyclic) bond motifs is 2. The van der Waals surface area contributed by atoms with Gasteiger partial charge in [-0.25, -0.2) is 4.79 Å². The second-order valence-corrected chi connectivity index (χ2v) is 8.63. The summed E-state index contributed by atoms with van der Waals surface area (Å²) in [5, 5.41) is 7.39. The lowest BCUT2D eigenvalue weighted by Gasteiger charge is -2.26. The van der Waals surface area contributed by atoms with Gasteiger partial charge < -0.3 is 14.6 Å². The van der Waals surface area contributed by atoms with Crippen LogP contribution in [0.1, 0.15) is 53.8 Å². The number of amides is 2. The molecule has 0 bridgehead atoms. The van der Waals surface area contributed by atoms with Gasteiger partial charge in [0.15, 0.2) is 11.3 Å². The highest BCUT2D eigenvalue weighted by Crippen LogP contribution is 2.23. The van der Waals surface area contributed by atoms with Crippen LogP contribution in [-0.2, 0) is 24.3 Å². The summed E-state index contributed by atoms with van der Waals surface area (Å²) in [6, 6.07) is 5.00. The molecule has 0 radical (unpaired) electrons. The van der Waals surface area contributed by atoms with Gasteiger partial charge in [-0.1, -0.05) is 0 Å². The molecule has 1 saturated heterocycles. The van der Waals surface area contributed by atoms with Gasteiger partial charge in [0, 0.05) is 36.6 Å². The molecule has 0 atom stereocenters. The van der Waals surface area contributed by atoms with Gasteiger partial charge in [0.2, 0.25) is 5.91 Å². The van der Waals surface area contributed by atoms with E-state index in [0.717, 1.165) is 69.4 Å². The Hall–Kier alpha value is -3.36. The molecule has 3 aromatic rings. The lowest BCUT2D eigenvalue weighted by atomic mass is 10.1. The lowest BCUT2D eigenvalue weighted by molar-refractivity contribution is -0.132. The fourth-order valence-corrected chi connectivity index (χ4v) is 4.72. The summed E-state index contributed by atoms with van der Waals surface area (Å²) >= 11 is 0. The quantitative estimate of drug-likeness (QED) is 0.676. The van der Waals surface area contributed by atoms with Crippen LogP contribution in [0.4, 0.5) is 5.69 Å². The third-order valence-electron chi connectivity index (χ3n) is 6.50. The van der Waals surface area contributed by atoms with E-state index in [4.69, 9.17) is 4.42 Å². The first kappa shape index (κ1) is 20.5. The molecule has 0 spiro atoms. The van der Waals surface area contributed by atoms with Crippen LogP contribution in [0, 0.1) is 6.92 Å². The van der Waals surface area contributed by atoms with Gasteiger partial charge in [-0.3, -0.25) is 18.8 Å². The molecule has 2 aliphatic rings. The van der Waals surface area contributed by atoms with Crippen molar-refractivity contribution in [3.8, 4) is 0 Å². The summed E-state index contributed by atoms with van der Waals surface area (Å²) in [7, 11) is 0. The van der Waals surface area contributed by atoms with Crippen molar-refractivity contribution in [3.63, 3.8) is 0 Å². The van der Waals surface area contributed by atoms with Crippen molar-refractivity contribution in [3.05, 3.63) is 45.7 Å². The Labute approximate surface area is 185 Å². The zero-order valence-corrected chi connectivity index (χ0v) is 18.2. The normalized spacial score (nSPS) is 16.2. The van der Waals surface area contributed by atoms with Crippen molar-refractivity contribution >= 4 is 28.6 Å². The van der Waals surface area contributed by atoms with Crippen LogP contribution < -0.4 is 11.1 Å². The molecule has 9 nitrogen and oxygen atoms in total. The second-order valence-electron chi connectivity index (χ2n) is 8.63. The van der Waals surface area contributed by atoms with E-state index < -0.39 is 5.76 Å². The molecule has 0 aliphatic carbocycles. The van der Waals surface area contributed by atoms with Crippen LogP contribution in [0.3, 0.4) is 0 Å². The number of oxazole rings is 1. The summed E-state index contributed by atoms with van der Waals surface area (Å²) in [6.45, 7) is 4.14. The number of nitrogens with one attached hydrogen (secondary N) is 1. The average Bonchev–Trinajstić information content (AvgIpc) is 3.31. The number of rotatable bonds is 4. The fourth-order valence-electron chi connectivity index (χ4n) is 4.72. The Kier molecular flexibility index (Phi) is 5.32. The van der Waals surface area contributed by atoms with Gasteiger partial charge in [-0.2, -0.15) is 5.10 Å². The predicted molar refractivity (Wildman–Crippen MR) is 119 cm³/mol. The SMILES string of the molecule is Cc1c(C(=O)Nc2ccc3oc(=O)n(CC(=O)N4CCCCC4)c3c2)nn2c1CCCC2. The molecular weight excluding hydrogens is 410 g/mol. The smallest absolute Gasteiger partial charge is 0.408 e. The lowest BCUT2D eigenvalue weighted by Crippen LogP contribution is -2.39. The minimum Gasteiger partial charge on any atom is -0.408 e. The molecule has 4 heterocycles. The number of nitrogens with zero attached hydrogens (tertiary/aromatic N) is 4. The largest absolute Gasteiger partial charge is 0.420 e. The number of carbonyl (C=O) groups is 2. The van der Waals surface area contributed by atoms with Crippen molar-refractivity contribution in [2.24, 2.45) is 0 Å². The number of benzene rings is 1. The number of aryl methyl sites for hydroxylation is 1. The van der Waals surface area contributed by atoms with Crippen LogP contribution in [0.2, 0.25) is 0 Å². The summed E-state index contributed by atoms with van der Waals surface area (Å²) in [4.78, 5) is 39.8. The Balaban J connectivity index is 1.39. The van der Waals surface area contributed by atoms with Crippen molar-refractivity contribution in [1.82, 2.24) is 19.2 Å². The van der Waals surface area contributed by atoms with E-state index in [1.807, 2.05) is 11.6 Å². The van der Waals surface area contributed by atoms with Gasteiger partial charge in [0.1, 0.15) is 6.54 Å². The number of hydrogen-bond donors (Lipinski definition) is 1. The Morgan fingerprint density at radius 2 is 1.88 bits per heavy atom. The summed E-state index contributed by atoms with van der Waals surface area (Å²) in [5.41, 5.74) is 3.85. The highest BCUT2D eigenvalue weighted by Gasteiger charge is 2.23. The fraction of sp³-hybridized carbons (Fsp3) is 0.478. The van der Waals surface area contributed by atoms with Gasteiger partial charge in [0.25, 0.3) is 5.91 Å². The highest BCUT2D eigenvalue weighted by molar-refractivity contribution is 6.04. The van der Waals surface area contributed by atoms with Crippen LogP contribution in [0.15, 0.2) is 27.4 Å². The van der Waals surface area contributed by atoms with Crippen molar-refractivity contribution in [2.75, 3.05) is 18.4 Å². The first-order chi connectivity index (χ1) is 15.5. The van der Waals surface area contributed by atoms with E-state index >= 15 is 0 Å². The molecular formula is C23H27N5O4. The van der Waals surface area contributed by atoms with Crippen molar-refractivity contribution < 1.29 is 14.0 Å². The van der Waals surface area contributed by atoms with Crippen LogP contribution >= 0.6 is 0 Å². The standard InChI is InChI=1S/C23H27N5O4/c1-15-17-7-3-6-12-28(17)25-21(15)22(30)24-16-8-9-19-18(13-16)27(23(31)32-19)14-20(29)26-10-4-2-5-11-26/h8-9,13H,2-7,10-12,14H2,1H3,(H,24,30). The Morgan fingerprint density at radius 3 is 2.66 bits per heavy atom. The number of likely N-dealkylation sites (tertiary alicyclic amines) is 1. The van der Waals surface area contributed by atoms with E-state index in [-0.39, 0.29) is 18.4 Å². The summed E-state index contributed by atoms with van der Waals surface area (Å²) < 4.78 is 8.58. The molecule has 5 rings (SSSR count). The van der Waals surface area contributed by atoms with Gasteiger partial charge in [0.05, 0.1) is 5.52 Å². The van der Waals surface area contributed by atoms with Crippen LogP contribution in [0.25, 0.3) is 11.1 Å². The van der Waals surface area contributed by atoms with Crippen molar-refractivity contribution in [1.29, 1.82) is 0 Å². The van der Waals surface area contributed by atoms with E-state index in [1.54, 1.807) is 23.1 Å².